The Morgan fingerprint density at radius 2 is 1.68 bits per heavy atom. The maximum Gasteiger partial charge on any atom is 0.221 e. The first-order valence-electron chi connectivity index (χ1n) is 9.40. The number of hydrogen-bond acceptors (Lipinski definition) is 4. The summed E-state index contributed by atoms with van der Waals surface area (Å²) in [5.41, 5.74) is 3.51. The van der Waals surface area contributed by atoms with Crippen LogP contribution in [0.2, 0.25) is 10.0 Å². The number of benzene rings is 3. The molecule has 0 saturated carbocycles. The van der Waals surface area contributed by atoms with Gasteiger partial charge in [-0.15, -0.1) is 0 Å². The fourth-order valence-corrected chi connectivity index (χ4v) is 3.78. The summed E-state index contributed by atoms with van der Waals surface area (Å²) in [6.45, 7) is 2.34. The molecule has 5 nitrogen and oxygen atoms in total. The molecule has 0 fully saturated rings. The molecule has 0 saturated heterocycles. The Labute approximate surface area is 199 Å². The average Bonchev–Trinajstić information content (AvgIpc) is 2.73. The van der Waals surface area contributed by atoms with Crippen molar-refractivity contribution in [3.05, 3.63) is 80.2 Å². The quantitative estimate of drug-likeness (QED) is 0.336. The summed E-state index contributed by atoms with van der Waals surface area (Å²) < 4.78 is 12.3. The number of halogens is 3. The van der Waals surface area contributed by atoms with E-state index in [9.17, 15) is 4.79 Å². The van der Waals surface area contributed by atoms with Crippen LogP contribution in [0.1, 0.15) is 18.1 Å². The lowest BCUT2D eigenvalue weighted by atomic mass is 10.2. The van der Waals surface area contributed by atoms with Gasteiger partial charge >= 0.3 is 0 Å². The van der Waals surface area contributed by atoms with E-state index < -0.39 is 0 Å². The molecule has 0 unspecified atom stereocenters. The molecule has 0 aromatic heterocycles. The lowest BCUT2D eigenvalue weighted by Gasteiger charge is -2.15. The second kappa shape index (κ2) is 10.8. The molecule has 0 aliphatic heterocycles. The Bertz CT molecular complexity index is 1080. The van der Waals surface area contributed by atoms with Gasteiger partial charge in [0.1, 0.15) is 6.61 Å². The van der Waals surface area contributed by atoms with Gasteiger partial charge in [-0.1, -0.05) is 45.2 Å². The third-order valence-corrected chi connectivity index (χ3v) is 5.74. The van der Waals surface area contributed by atoms with Crippen molar-refractivity contribution >= 4 is 56.4 Å². The first kappa shape index (κ1) is 23.3. The molecule has 8 heteroatoms. The topological polar surface area (TPSA) is 59.6 Å². The fourth-order valence-electron chi connectivity index (χ4n) is 2.85. The molecule has 3 aromatic rings. The number of hydrogen-bond donors (Lipinski definition) is 2. The van der Waals surface area contributed by atoms with Gasteiger partial charge < -0.3 is 20.1 Å². The molecule has 3 aromatic carbocycles. The van der Waals surface area contributed by atoms with Crippen molar-refractivity contribution in [1.82, 2.24) is 0 Å². The predicted octanol–water partition coefficient (Wildman–Crippen LogP) is 6.91. The van der Waals surface area contributed by atoms with Crippen LogP contribution in [0.25, 0.3) is 0 Å². The van der Waals surface area contributed by atoms with Crippen molar-refractivity contribution in [1.29, 1.82) is 0 Å². The van der Waals surface area contributed by atoms with E-state index in [1.807, 2.05) is 42.5 Å². The van der Waals surface area contributed by atoms with Gasteiger partial charge in [0.05, 0.1) is 7.11 Å². The van der Waals surface area contributed by atoms with Crippen LogP contribution in [-0.4, -0.2) is 13.0 Å². The smallest absolute Gasteiger partial charge is 0.221 e. The van der Waals surface area contributed by atoms with Crippen molar-refractivity contribution in [2.75, 3.05) is 17.7 Å². The first-order chi connectivity index (χ1) is 14.9. The zero-order chi connectivity index (χ0) is 22.4. The summed E-state index contributed by atoms with van der Waals surface area (Å²) in [4.78, 5) is 11.1. The first-order valence-corrected chi connectivity index (χ1v) is 10.9. The minimum atomic E-state index is -0.0997. The highest BCUT2D eigenvalue weighted by Crippen LogP contribution is 2.35. The number of nitrogens with one attached hydrogen (secondary N) is 2. The van der Waals surface area contributed by atoms with E-state index >= 15 is 0 Å². The largest absolute Gasteiger partial charge is 0.493 e. The molecule has 0 heterocycles. The maximum atomic E-state index is 11.1. The average molecular weight is 524 g/mol. The van der Waals surface area contributed by atoms with E-state index in [1.54, 1.807) is 19.2 Å². The lowest BCUT2D eigenvalue weighted by molar-refractivity contribution is -0.114. The Balaban J connectivity index is 1.67. The number of ether oxygens (including phenoxy) is 2. The summed E-state index contributed by atoms with van der Waals surface area (Å²) in [5, 5.41) is 7.23. The summed E-state index contributed by atoms with van der Waals surface area (Å²) in [7, 11) is 1.60. The van der Waals surface area contributed by atoms with Crippen LogP contribution in [0.5, 0.6) is 11.5 Å². The SMILES string of the molecule is COc1cc(CNc2ccc(NC(C)=O)cc2)c(Br)cc1OCc1ccc(Cl)cc1Cl. The van der Waals surface area contributed by atoms with Gasteiger partial charge in [-0.05, 0) is 54.1 Å². The van der Waals surface area contributed by atoms with Crippen molar-refractivity contribution in [2.45, 2.75) is 20.1 Å². The summed E-state index contributed by atoms with van der Waals surface area (Å²) in [5.74, 6) is 1.12. The molecule has 2 N–H and O–H groups in total. The summed E-state index contributed by atoms with van der Waals surface area (Å²) in [6.07, 6.45) is 0. The van der Waals surface area contributed by atoms with Gasteiger partial charge in [0.25, 0.3) is 0 Å². The second-order valence-electron chi connectivity index (χ2n) is 6.73. The Kier molecular flexibility index (Phi) is 8.07. The molecule has 0 aliphatic carbocycles. The van der Waals surface area contributed by atoms with Crippen LogP contribution < -0.4 is 20.1 Å². The maximum absolute atomic E-state index is 11.1. The predicted molar refractivity (Wildman–Crippen MR) is 130 cm³/mol. The molecule has 0 aliphatic rings. The molecular formula is C23H21BrCl2N2O3. The van der Waals surface area contributed by atoms with Gasteiger partial charge in [-0.2, -0.15) is 0 Å². The van der Waals surface area contributed by atoms with Crippen LogP contribution >= 0.6 is 39.1 Å². The summed E-state index contributed by atoms with van der Waals surface area (Å²) >= 11 is 15.8. The van der Waals surface area contributed by atoms with E-state index in [2.05, 4.69) is 26.6 Å². The van der Waals surface area contributed by atoms with Crippen LogP contribution in [0.4, 0.5) is 11.4 Å². The number of carbonyl (C=O) groups excluding carboxylic acids is 1. The number of rotatable bonds is 8. The van der Waals surface area contributed by atoms with Crippen LogP contribution in [0.15, 0.2) is 59.1 Å². The Morgan fingerprint density at radius 1 is 0.968 bits per heavy atom. The minimum Gasteiger partial charge on any atom is -0.493 e. The van der Waals surface area contributed by atoms with Crippen molar-refractivity contribution in [2.24, 2.45) is 0 Å². The van der Waals surface area contributed by atoms with E-state index in [-0.39, 0.29) is 12.5 Å². The highest BCUT2D eigenvalue weighted by atomic mass is 79.9. The molecule has 162 valence electrons. The lowest BCUT2D eigenvalue weighted by Crippen LogP contribution is -2.06. The highest BCUT2D eigenvalue weighted by molar-refractivity contribution is 9.10. The third-order valence-electron chi connectivity index (χ3n) is 4.42. The highest BCUT2D eigenvalue weighted by Gasteiger charge is 2.12. The Hall–Kier alpha value is -2.41. The molecule has 31 heavy (non-hydrogen) atoms. The van der Waals surface area contributed by atoms with E-state index in [0.717, 1.165) is 27.0 Å². The minimum absolute atomic E-state index is 0.0997. The monoisotopic (exact) mass is 522 g/mol. The summed E-state index contributed by atoms with van der Waals surface area (Å²) in [6, 6.07) is 16.6. The molecule has 1 amide bonds. The number of methoxy groups -OCH3 is 1. The fraction of sp³-hybridized carbons (Fsp3) is 0.174. The number of amides is 1. The second-order valence-corrected chi connectivity index (χ2v) is 8.43. The molecule has 3 rings (SSSR count). The van der Waals surface area contributed by atoms with Gasteiger partial charge in [-0.25, -0.2) is 0 Å². The van der Waals surface area contributed by atoms with E-state index in [1.165, 1.54) is 6.92 Å². The third kappa shape index (κ3) is 6.53. The number of carbonyl (C=O) groups is 1. The zero-order valence-corrected chi connectivity index (χ0v) is 20.1. The van der Waals surface area contributed by atoms with Crippen molar-refractivity contribution in [3.63, 3.8) is 0 Å². The molecule has 0 atom stereocenters. The van der Waals surface area contributed by atoms with Gasteiger partial charge in [-0.3, -0.25) is 4.79 Å². The van der Waals surface area contributed by atoms with E-state index in [0.29, 0.717) is 28.1 Å². The van der Waals surface area contributed by atoms with Gasteiger partial charge in [0, 0.05) is 44.9 Å². The van der Waals surface area contributed by atoms with Crippen LogP contribution in [0.3, 0.4) is 0 Å². The molecule has 0 spiro atoms. The zero-order valence-electron chi connectivity index (χ0n) is 17.0. The van der Waals surface area contributed by atoms with Crippen LogP contribution in [-0.2, 0) is 17.9 Å². The molecule has 0 bridgehead atoms. The van der Waals surface area contributed by atoms with Gasteiger partial charge in [0.2, 0.25) is 5.91 Å². The van der Waals surface area contributed by atoms with Crippen LogP contribution in [0, 0.1) is 0 Å². The molecular weight excluding hydrogens is 503 g/mol. The number of anilines is 2. The normalized spacial score (nSPS) is 10.5. The van der Waals surface area contributed by atoms with Crippen molar-refractivity contribution in [3.8, 4) is 11.5 Å². The van der Waals surface area contributed by atoms with E-state index in [4.69, 9.17) is 32.7 Å². The standard InChI is InChI=1S/C23H21BrCl2N2O3/c1-14(29)28-19-7-5-18(6-8-19)27-12-16-9-22(30-2)23(11-20(16)24)31-13-15-3-4-17(25)10-21(15)26/h3-11,27H,12-13H2,1-2H3,(H,28,29). The Morgan fingerprint density at radius 3 is 2.32 bits per heavy atom. The van der Waals surface area contributed by atoms with Crippen molar-refractivity contribution < 1.29 is 14.3 Å². The molecule has 0 radical (unpaired) electrons. The van der Waals surface area contributed by atoms with Gasteiger partial charge in [0.15, 0.2) is 11.5 Å².